The largest absolute Gasteiger partial charge is 0.490 e. The highest BCUT2D eigenvalue weighted by Crippen LogP contribution is 2.31. The molecule has 0 atom stereocenters. The predicted molar refractivity (Wildman–Crippen MR) is 80.3 cm³/mol. The number of methoxy groups -OCH3 is 1. The third kappa shape index (κ3) is 3.82. The fourth-order valence-corrected chi connectivity index (χ4v) is 2.46. The van der Waals surface area contributed by atoms with Crippen LogP contribution < -0.4 is 14.8 Å². The molecule has 0 unspecified atom stereocenters. The zero-order valence-electron chi connectivity index (χ0n) is 11.7. The average Bonchev–Trinajstić information content (AvgIpc) is 2.93. The Kier molecular flexibility index (Phi) is 4.94. The van der Waals surface area contributed by atoms with Crippen LogP contribution in [0.1, 0.15) is 11.8 Å². The van der Waals surface area contributed by atoms with Gasteiger partial charge in [-0.1, -0.05) is 11.3 Å². The molecular weight excluding hydrogens is 294 g/mol. The molecule has 0 saturated carbocycles. The molecule has 0 radical (unpaired) electrons. The number of nitro groups is 1. The number of nitrogens with zero attached hydrogens (tertiary/aromatic N) is 2. The van der Waals surface area contributed by atoms with Gasteiger partial charge in [-0.05, 0) is 19.1 Å². The lowest BCUT2D eigenvalue weighted by Crippen LogP contribution is -1.97. The van der Waals surface area contributed by atoms with E-state index in [9.17, 15) is 10.1 Å². The molecule has 2 aromatic rings. The summed E-state index contributed by atoms with van der Waals surface area (Å²) in [5.41, 5.74) is -0.118. The Bertz CT molecular complexity index is 630. The number of nitro benzene ring substituents is 1. The van der Waals surface area contributed by atoms with Crippen LogP contribution in [0.15, 0.2) is 24.4 Å². The average molecular weight is 309 g/mol. The van der Waals surface area contributed by atoms with Crippen LogP contribution in [0, 0.1) is 10.1 Å². The van der Waals surface area contributed by atoms with E-state index < -0.39 is 4.92 Å². The fraction of sp³-hybridized carbons (Fsp3) is 0.308. The van der Waals surface area contributed by atoms with E-state index >= 15 is 0 Å². The summed E-state index contributed by atoms with van der Waals surface area (Å²) < 4.78 is 10.5. The number of aromatic nitrogens is 1. The van der Waals surface area contributed by atoms with Gasteiger partial charge in [0, 0.05) is 12.7 Å². The number of anilines is 1. The zero-order valence-corrected chi connectivity index (χ0v) is 12.5. The van der Waals surface area contributed by atoms with E-state index in [0.717, 1.165) is 16.6 Å². The Labute approximate surface area is 125 Å². The zero-order chi connectivity index (χ0) is 15.2. The van der Waals surface area contributed by atoms with E-state index in [2.05, 4.69) is 10.3 Å². The van der Waals surface area contributed by atoms with E-state index in [1.165, 1.54) is 30.6 Å². The van der Waals surface area contributed by atoms with Crippen LogP contribution in [0.3, 0.4) is 0 Å². The first-order chi connectivity index (χ1) is 10.1. The standard InChI is InChI=1S/C13H15N3O4S/c1-3-14-13-15-7-10(21-13)8-20-9-4-5-12(19-2)11(6-9)16(17)18/h4-7H,3,8H2,1-2H3,(H,14,15). The summed E-state index contributed by atoms with van der Waals surface area (Å²) in [7, 11) is 1.39. The second-order valence-electron chi connectivity index (χ2n) is 4.04. The van der Waals surface area contributed by atoms with Crippen LogP contribution in [-0.2, 0) is 6.61 Å². The minimum absolute atomic E-state index is 0.118. The summed E-state index contributed by atoms with van der Waals surface area (Å²) in [4.78, 5) is 15.6. The topological polar surface area (TPSA) is 86.5 Å². The number of benzene rings is 1. The third-order valence-electron chi connectivity index (χ3n) is 2.61. The maximum Gasteiger partial charge on any atom is 0.314 e. The lowest BCUT2D eigenvalue weighted by atomic mass is 10.3. The van der Waals surface area contributed by atoms with Crippen molar-refractivity contribution in [2.75, 3.05) is 19.0 Å². The van der Waals surface area contributed by atoms with Gasteiger partial charge in [-0.3, -0.25) is 10.1 Å². The molecule has 0 aliphatic rings. The van der Waals surface area contributed by atoms with Gasteiger partial charge < -0.3 is 14.8 Å². The Morgan fingerprint density at radius 2 is 2.29 bits per heavy atom. The first-order valence-electron chi connectivity index (χ1n) is 6.27. The highest BCUT2D eigenvalue weighted by Gasteiger charge is 2.16. The molecule has 0 spiro atoms. The second kappa shape index (κ2) is 6.89. The molecule has 8 heteroatoms. The minimum atomic E-state index is -0.498. The minimum Gasteiger partial charge on any atom is -0.490 e. The lowest BCUT2D eigenvalue weighted by Gasteiger charge is -2.06. The second-order valence-corrected chi connectivity index (χ2v) is 5.16. The number of rotatable bonds is 7. The van der Waals surface area contributed by atoms with Crippen molar-refractivity contribution in [1.82, 2.24) is 4.98 Å². The lowest BCUT2D eigenvalue weighted by molar-refractivity contribution is -0.385. The molecule has 1 heterocycles. The van der Waals surface area contributed by atoms with Gasteiger partial charge in [0.25, 0.3) is 0 Å². The molecule has 21 heavy (non-hydrogen) atoms. The molecule has 0 fully saturated rings. The van der Waals surface area contributed by atoms with Gasteiger partial charge in [-0.2, -0.15) is 0 Å². The molecule has 1 N–H and O–H groups in total. The Morgan fingerprint density at radius 1 is 1.48 bits per heavy atom. The molecular formula is C13H15N3O4S. The van der Waals surface area contributed by atoms with Crippen molar-refractivity contribution < 1.29 is 14.4 Å². The highest BCUT2D eigenvalue weighted by atomic mass is 32.1. The summed E-state index contributed by atoms with van der Waals surface area (Å²) in [5.74, 6) is 0.625. The van der Waals surface area contributed by atoms with Crippen molar-refractivity contribution >= 4 is 22.2 Å². The van der Waals surface area contributed by atoms with Gasteiger partial charge >= 0.3 is 5.69 Å². The normalized spacial score (nSPS) is 10.2. The van der Waals surface area contributed by atoms with Crippen LogP contribution in [0.25, 0.3) is 0 Å². The van der Waals surface area contributed by atoms with Crippen molar-refractivity contribution in [2.24, 2.45) is 0 Å². The van der Waals surface area contributed by atoms with E-state index in [4.69, 9.17) is 9.47 Å². The monoisotopic (exact) mass is 309 g/mol. The van der Waals surface area contributed by atoms with Crippen molar-refractivity contribution in [3.63, 3.8) is 0 Å². The molecule has 1 aromatic heterocycles. The Morgan fingerprint density at radius 3 is 2.95 bits per heavy atom. The quantitative estimate of drug-likeness (QED) is 0.625. The van der Waals surface area contributed by atoms with Crippen molar-refractivity contribution in [2.45, 2.75) is 13.5 Å². The van der Waals surface area contributed by atoms with E-state index in [1.807, 2.05) is 6.92 Å². The van der Waals surface area contributed by atoms with Crippen LogP contribution >= 0.6 is 11.3 Å². The number of thiazole rings is 1. The predicted octanol–water partition coefficient (Wildman–Crippen LogP) is 3.07. The molecule has 112 valence electrons. The fourth-order valence-electron chi connectivity index (χ4n) is 1.66. The first kappa shape index (κ1) is 15.0. The van der Waals surface area contributed by atoms with Crippen molar-refractivity contribution in [3.05, 3.63) is 39.4 Å². The van der Waals surface area contributed by atoms with Crippen LogP contribution in [0.2, 0.25) is 0 Å². The number of hydrogen-bond donors (Lipinski definition) is 1. The van der Waals surface area contributed by atoms with Gasteiger partial charge in [-0.25, -0.2) is 4.98 Å². The molecule has 0 saturated heterocycles. The van der Waals surface area contributed by atoms with Crippen LogP contribution in [0.5, 0.6) is 11.5 Å². The molecule has 2 rings (SSSR count). The number of ether oxygens (including phenoxy) is 2. The number of hydrogen-bond acceptors (Lipinski definition) is 7. The van der Waals surface area contributed by atoms with Crippen LogP contribution in [-0.4, -0.2) is 23.6 Å². The van der Waals surface area contributed by atoms with E-state index in [1.54, 1.807) is 12.3 Å². The Hall–Kier alpha value is -2.35. The molecule has 0 bridgehead atoms. The summed E-state index contributed by atoms with van der Waals surface area (Å²) in [6.45, 7) is 3.11. The van der Waals surface area contributed by atoms with Gasteiger partial charge in [0.15, 0.2) is 10.9 Å². The summed E-state index contributed by atoms with van der Waals surface area (Å²) in [5, 5.41) is 14.9. The van der Waals surface area contributed by atoms with Gasteiger partial charge in [0.05, 0.1) is 23.0 Å². The van der Waals surface area contributed by atoms with Crippen molar-refractivity contribution in [1.29, 1.82) is 0 Å². The maximum atomic E-state index is 10.9. The molecule has 7 nitrogen and oxygen atoms in total. The van der Waals surface area contributed by atoms with Gasteiger partial charge in [-0.15, -0.1) is 0 Å². The summed E-state index contributed by atoms with van der Waals surface area (Å²) >= 11 is 1.49. The third-order valence-corrected chi connectivity index (χ3v) is 3.54. The maximum absolute atomic E-state index is 10.9. The van der Waals surface area contributed by atoms with Crippen LogP contribution in [0.4, 0.5) is 10.8 Å². The Balaban J connectivity index is 2.05. The van der Waals surface area contributed by atoms with E-state index in [-0.39, 0.29) is 11.4 Å². The van der Waals surface area contributed by atoms with Crippen molar-refractivity contribution in [3.8, 4) is 11.5 Å². The molecule has 0 aliphatic heterocycles. The number of nitrogens with one attached hydrogen (secondary N) is 1. The molecule has 0 amide bonds. The highest BCUT2D eigenvalue weighted by molar-refractivity contribution is 7.15. The van der Waals surface area contributed by atoms with E-state index in [0.29, 0.717) is 12.4 Å². The molecule has 0 aliphatic carbocycles. The smallest absolute Gasteiger partial charge is 0.314 e. The molecule has 1 aromatic carbocycles. The summed E-state index contributed by atoms with van der Waals surface area (Å²) in [6.07, 6.45) is 1.72. The summed E-state index contributed by atoms with van der Waals surface area (Å²) in [6, 6.07) is 4.51. The first-order valence-corrected chi connectivity index (χ1v) is 7.09. The van der Waals surface area contributed by atoms with Gasteiger partial charge in [0.2, 0.25) is 0 Å². The SMILES string of the molecule is CCNc1ncc(COc2ccc(OC)c([N+](=O)[O-])c2)s1. The van der Waals surface area contributed by atoms with Gasteiger partial charge in [0.1, 0.15) is 12.4 Å².